The molecule has 4 aromatic rings. The third-order valence-corrected chi connectivity index (χ3v) is 5.05. The molecule has 1 amide bonds. The average Bonchev–Trinajstić information content (AvgIpc) is 3.49. The molecule has 2 aromatic heterocycles. The summed E-state index contributed by atoms with van der Waals surface area (Å²) < 4.78 is 11.2. The van der Waals surface area contributed by atoms with Crippen molar-refractivity contribution in [3.8, 4) is 22.6 Å². The number of amides is 1. The molecular weight excluding hydrogens is 448 g/mol. The topological polar surface area (TPSA) is 119 Å². The summed E-state index contributed by atoms with van der Waals surface area (Å²) in [6.07, 6.45) is 2.72. The molecule has 9 heteroatoms. The van der Waals surface area contributed by atoms with Gasteiger partial charge in [0.05, 0.1) is 21.2 Å². The van der Waals surface area contributed by atoms with Gasteiger partial charge >= 0.3 is 0 Å². The van der Waals surface area contributed by atoms with Crippen molar-refractivity contribution >= 4 is 35.0 Å². The molecule has 0 unspecified atom stereocenters. The minimum absolute atomic E-state index is 0.0719. The predicted octanol–water partition coefficient (Wildman–Crippen LogP) is 5.91. The van der Waals surface area contributed by atoms with Crippen molar-refractivity contribution < 1.29 is 23.7 Å². The van der Waals surface area contributed by atoms with Gasteiger partial charge in [0.25, 0.3) is 5.69 Å². The number of nitrogens with one attached hydrogen (secondary N) is 1. The van der Waals surface area contributed by atoms with Gasteiger partial charge in [-0.1, -0.05) is 23.7 Å². The minimum Gasteiger partial charge on any atom is -0.459 e. The van der Waals surface area contributed by atoms with Gasteiger partial charge < -0.3 is 19.3 Å². The van der Waals surface area contributed by atoms with Crippen LogP contribution in [-0.2, 0) is 11.4 Å². The summed E-state index contributed by atoms with van der Waals surface area (Å²) in [5.41, 5.74) is 1.33. The monoisotopic (exact) mass is 464 g/mol. The molecule has 8 nitrogen and oxygen atoms in total. The molecule has 0 atom stereocenters. The lowest BCUT2D eigenvalue weighted by Crippen LogP contribution is -2.08. The van der Waals surface area contributed by atoms with Crippen LogP contribution in [-0.4, -0.2) is 15.9 Å². The lowest BCUT2D eigenvalue weighted by molar-refractivity contribution is -0.384. The fraction of sp³-hybridized carbons (Fsp3) is 0.0417. The Morgan fingerprint density at radius 2 is 1.85 bits per heavy atom. The number of nitrogens with zero attached hydrogens (tertiary/aromatic N) is 1. The van der Waals surface area contributed by atoms with Crippen molar-refractivity contribution in [1.82, 2.24) is 0 Å². The van der Waals surface area contributed by atoms with E-state index in [0.29, 0.717) is 44.9 Å². The molecule has 2 aromatic carbocycles. The molecule has 0 saturated heterocycles. The van der Waals surface area contributed by atoms with E-state index in [1.54, 1.807) is 60.7 Å². The first-order chi connectivity index (χ1) is 15.9. The van der Waals surface area contributed by atoms with Gasteiger partial charge in [0.1, 0.15) is 29.6 Å². The third kappa shape index (κ3) is 5.03. The van der Waals surface area contributed by atoms with Crippen LogP contribution in [0.2, 0.25) is 5.02 Å². The van der Waals surface area contributed by atoms with Crippen molar-refractivity contribution in [2.75, 3.05) is 5.32 Å². The van der Waals surface area contributed by atoms with Gasteiger partial charge in [-0.25, -0.2) is 0 Å². The van der Waals surface area contributed by atoms with Crippen LogP contribution >= 0.6 is 11.6 Å². The molecule has 0 radical (unpaired) electrons. The SMILES string of the molecule is O=C(/C=C/c1ccc(-c2ccccc2[N+](=O)[O-])o1)Nc1cc(-c2ccc(CO)o2)ccc1Cl. The second-order valence-electron chi connectivity index (χ2n) is 6.92. The molecule has 2 N–H and O–H groups in total. The Balaban J connectivity index is 1.48. The highest BCUT2D eigenvalue weighted by Crippen LogP contribution is 2.32. The molecule has 0 aliphatic carbocycles. The average molecular weight is 465 g/mol. The molecule has 0 bridgehead atoms. The van der Waals surface area contributed by atoms with Crippen LogP contribution in [0.1, 0.15) is 11.5 Å². The quantitative estimate of drug-likeness (QED) is 0.199. The summed E-state index contributed by atoms with van der Waals surface area (Å²) in [7, 11) is 0. The van der Waals surface area contributed by atoms with Gasteiger partial charge in [0, 0.05) is 17.7 Å². The molecule has 0 aliphatic rings. The van der Waals surface area contributed by atoms with E-state index in [-0.39, 0.29) is 12.3 Å². The molecular formula is C24H17ClN2O6. The maximum atomic E-state index is 12.4. The highest BCUT2D eigenvalue weighted by Gasteiger charge is 2.17. The number of rotatable bonds is 7. The summed E-state index contributed by atoms with van der Waals surface area (Å²) in [5, 5.41) is 23.4. The number of para-hydroxylation sites is 1. The fourth-order valence-corrected chi connectivity index (χ4v) is 3.32. The summed E-state index contributed by atoms with van der Waals surface area (Å²) in [5.74, 6) is 1.17. The van der Waals surface area contributed by atoms with Gasteiger partial charge in [0.15, 0.2) is 0 Å². The Hall–Kier alpha value is -4.14. The van der Waals surface area contributed by atoms with E-state index in [1.807, 2.05) is 0 Å². The van der Waals surface area contributed by atoms with E-state index in [9.17, 15) is 14.9 Å². The van der Waals surface area contributed by atoms with Crippen molar-refractivity contribution in [2.45, 2.75) is 6.61 Å². The Labute approximate surface area is 192 Å². The van der Waals surface area contributed by atoms with Crippen LogP contribution in [0, 0.1) is 10.1 Å². The highest BCUT2D eigenvalue weighted by atomic mass is 35.5. The van der Waals surface area contributed by atoms with Gasteiger partial charge in [-0.15, -0.1) is 0 Å². The van der Waals surface area contributed by atoms with E-state index >= 15 is 0 Å². The highest BCUT2D eigenvalue weighted by molar-refractivity contribution is 6.34. The van der Waals surface area contributed by atoms with E-state index < -0.39 is 10.8 Å². The zero-order chi connectivity index (χ0) is 23.4. The summed E-state index contributed by atoms with van der Waals surface area (Å²) >= 11 is 6.21. The summed E-state index contributed by atoms with van der Waals surface area (Å²) in [6, 6.07) is 17.9. The standard InChI is InChI=1S/C24H17ClN2O6/c25-19-9-5-15(22-10-7-17(14-28)33-22)13-20(19)26-24(29)12-8-16-6-11-23(32-16)18-3-1-2-4-21(18)27(30)31/h1-13,28H,14H2,(H,26,29)/b12-8+. The first-order valence-electron chi connectivity index (χ1n) is 9.77. The summed E-state index contributed by atoms with van der Waals surface area (Å²) in [6.45, 7) is -0.214. The van der Waals surface area contributed by atoms with Crippen LogP contribution in [0.5, 0.6) is 0 Å². The normalized spacial score (nSPS) is 11.1. The van der Waals surface area contributed by atoms with Crippen LogP contribution < -0.4 is 5.32 Å². The van der Waals surface area contributed by atoms with Crippen LogP contribution in [0.4, 0.5) is 11.4 Å². The molecule has 166 valence electrons. The van der Waals surface area contributed by atoms with Crippen molar-refractivity contribution in [3.63, 3.8) is 0 Å². The number of benzene rings is 2. The number of hydrogen-bond donors (Lipinski definition) is 2. The number of furan rings is 2. The number of nitro benzene ring substituents is 1. The molecule has 0 saturated carbocycles. The number of aliphatic hydroxyl groups excluding tert-OH is 1. The van der Waals surface area contributed by atoms with Gasteiger partial charge in [0.2, 0.25) is 5.91 Å². The number of halogens is 1. The van der Waals surface area contributed by atoms with Crippen molar-refractivity contribution in [3.05, 3.63) is 99.5 Å². The second kappa shape index (κ2) is 9.56. The number of hydrogen-bond acceptors (Lipinski definition) is 6. The van der Waals surface area contributed by atoms with Crippen molar-refractivity contribution in [2.24, 2.45) is 0 Å². The maximum absolute atomic E-state index is 12.4. The van der Waals surface area contributed by atoms with Crippen molar-refractivity contribution in [1.29, 1.82) is 0 Å². The maximum Gasteiger partial charge on any atom is 0.280 e. The number of carbonyl (C=O) groups excluding carboxylic acids is 1. The van der Waals surface area contributed by atoms with Gasteiger partial charge in [-0.2, -0.15) is 0 Å². The smallest absolute Gasteiger partial charge is 0.280 e. The Morgan fingerprint density at radius 3 is 2.61 bits per heavy atom. The minimum atomic E-state index is -0.480. The van der Waals surface area contributed by atoms with E-state index in [1.165, 1.54) is 18.2 Å². The van der Waals surface area contributed by atoms with E-state index in [2.05, 4.69) is 5.32 Å². The first kappa shape index (κ1) is 22.1. The summed E-state index contributed by atoms with van der Waals surface area (Å²) in [4.78, 5) is 23.2. The van der Waals surface area contributed by atoms with Crippen LogP contribution in [0.3, 0.4) is 0 Å². The van der Waals surface area contributed by atoms with E-state index in [0.717, 1.165) is 0 Å². The lowest BCUT2D eigenvalue weighted by atomic mass is 10.1. The fourth-order valence-electron chi connectivity index (χ4n) is 3.15. The number of anilines is 1. The number of nitro groups is 1. The van der Waals surface area contributed by atoms with Gasteiger partial charge in [-0.3, -0.25) is 14.9 Å². The third-order valence-electron chi connectivity index (χ3n) is 4.72. The van der Waals surface area contributed by atoms with E-state index in [4.69, 9.17) is 25.5 Å². The molecule has 0 fully saturated rings. The Kier molecular flexibility index (Phi) is 6.39. The van der Waals surface area contributed by atoms with Crippen LogP contribution in [0.15, 0.2) is 81.6 Å². The first-order valence-corrected chi connectivity index (χ1v) is 10.1. The zero-order valence-corrected chi connectivity index (χ0v) is 17.8. The zero-order valence-electron chi connectivity index (χ0n) is 17.0. The largest absolute Gasteiger partial charge is 0.459 e. The van der Waals surface area contributed by atoms with Crippen LogP contribution in [0.25, 0.3) is 28.7 Å². The molecule has 4 rings (SSSR count). The molecule has 0 aliphatic heterocycles. The molecule has 33 heavy (non-hydrogen) atoms. The Bertz CT molecular complexity index is 1350. The second-order valence-corrected chi connectivity index (χ2v) is 7.32. The number of aliphatic hydroxyl groups is 1. The number of carbonyl (C=O) groups is 1. The molecule has 0 spiro atoms. The van der Waals surface area contributed by atoms with Gasteiger partial charge in [-0.05, 0) is 54.6 Å². The predicted molar refractivity (Wildman–Crippen MR) is 124 cm³/mol. The molecule has 2 heterocycles. The lowest BCUT2D eigenvalue weighted by Gasteiger charge is -2.07. The Morgan fingerprint density at radius 1 is 1.06 bits per heavy atom.